The molecule has 1 aromatic rings. The molecule has 7 heteroatoms. The minimum Gasteiger partial charge on any atom is -0.423 e. The SMILES string of the molecule is [B]c1cc(OC(C)=O)c(OC(C)=O)c(C(N)=O)c1. The van der Waals surface area contributed by atoms with E-state index in [2.05, 4.69) is 0 Å². The zero-order chi connectivity index (χ0) is 13.9. The number of rotatable bonds is 3. The summed E-state index contributed by atoms with van der Waals surface area (Å²) in [7, 11) is 5.53. The number of nitrogens with two attached hydrogens (primary N) is 1. The summed E-state index contributed by atoms with van der Waals surface area (Å²) >= 11 is 0. The number of carbonyl (C=O) groups excluding carboxylic acids is 3. The third kappa shape index (κ3) is 3.34. The van der Waals surface area contributed by atoms with Crippen LogP contribution in [0.5, 0.6) is 11.5 Å². The number of esters is 2. The lowest BCUT2D eigenvalue weighted by molar-refractivity contribution is -0.134. The van der Waals surface area contributed by atoms with E-state index < -0.39 is 17.8 Å². The summed E-state index contributed by atoms with van der Waals surface area (Å²) in [5.74, 6) is -2.54. The first-order chi connectivity index (χ1) is 8.31. The Balaban J connectivity index is 3.41. The zero-order valence-corrected chi connectivity index (χ0v) is 9.85. The van der Waals surface area contributed by atoms with Crippen LogP contribution in [0.15, 0.2) is 12.1 Å². The molecule has 92 valence electrons. The van der Waals surface area contributed by atoms with E-state index in [4.69, 9.17) is 23.1 Å². The molecule has 0 aromatic heterocycles. The average Bonchev–Trinajstić information content (AvgIpc) is 2.19. The van der Waals surface area contributed by atoms with Crippen molar-refractivity contribution in [2.45, 2.75) is 13.8 Å². The van der Waals surface area contributed by atoms with E-state index in [0.29, 0.717) is 0 Å². The topological polar surface area (TPSA) is 95.7 Å². The molecule has 6 nitrogen and oxygen atoms in total. The molecule has 0 aliphatic rings. The quantitative estimate of drug-likeness (QED) is 0.438. The van der Waals surface area contributed by atoms with Crippen molar-refractivity contribution in [1.82, 2.24) is 0 Å². The Morgan fingerprint density at radius 1 is 1.11 bits per heavy atom. The molecule has 0 bridgehead atoms. The summed E-state index contributed by atoms with van der Waals surface area (Å²) in [5, 5.41) is 0. The van der Waals surface area contributed by atoms with E-state index in [0.717, 1.165) is 13.8 Å². The standard InChI is InChI=1S/C11H10BNO5/c1-5(14)17-9-4-7(12)3-8(11(13)16)10(9)18-6(2)15/h3-4H,1-2H3,(H2,13,16). The Kier molecular flexibility index (Phi) is 4.09. The summed E-state index contributed by atoms with van der Waals surface area (Å²) in [6.07, 6.45) is 0. The second-order valence-corrected chi connectivity index (χ2v) is 3.45. The van der Waals surface area contributed by atoms with Gasteiger partial charge in [0.15, 0.2) is 11.5 Å². The van der Waals surface area contributed by atoms with Gasteiger partial charge >= 0.3 is 11.9 Å². The van der Waals surface area contributed by atoms with Gasteiger partial charge in [0.2, 0.25) is 0 Å². The first-order valence-electron chi connectivity index (χ1n) is 4.91. The first kappa shape index (κ1) is 13.8. The van der Waals surface area contributed by atoms with E-state index in [9.17, 15) is 14.4 Å². The fourth-order valence-corrected chi connectivity index (χ4v) is 1.29. The Morgan fingerprint density at radius 3 is 2.11 bits per heavy atom. The molecule has 1 amide bonds. The van der Waals surface area contributed by atoms with Crippen LogP contribution in [0.3, 0.4) is 0 Å². The fourth-order valence-electron chi connectivity index (χ4n) is 1.29. The van der Waals surface area contributed by atoms with Crippen LogP contribution in [0, 0.1) is 0 Å². The predicted octanol–water partition coefficient (Wildman–Crippen LogP) is -0.570. The van der Waals surface area contributed by atoms with Crippen LogP contribution in [-0.4, -0.2) is 25.7 Å². The summed E-state index contributed by atoms with van der Waals surface area (Å²) in [5.41, 5.74) is 5.14. The molecule has 0 saturated carbocycles. The third-order valence-electron chi connectivity index (χ3n) is 1.84. The average molecular weight is 247 g/mol. The smallest absolute Gasteiger partial charge is 0.308 e. The minimum absolute atomic E-state index is 0.133. The van der Waals surface area contributed by atoms with Crippen molar-refractivity contribution in [3.8, 4) is 11.5 Å². The first-order valence-corrected chi connectivity index (χ1v) is 4.91. The number of hydrogen-bond donors (Lipinski definition) is 1. The van der Waals surface area contributed by atoms with E-state index in [1.807, 2.05) is 0 Å². The van der Waals surface area contributed by atoms with Crippen molar-refractivity contribution in [2.24, 2.45) is 5.73 Å². The lowest BCUT2D eigenvalue weighted by atomic mass is 9.93. The summed E-state index contributed by atoms with van der Waals surface area (Å²) in [6.45, 7) is 2.29. The van der Waals surface area contributed by atoms with Crippen molar-refractivity contribution >= 4 is 31.2 Å². The highest BCUT2D eigenvalue weighted by Gasteiger charge is 2.19. The molecule has 0 aliphatic heterocycles. The van der Waals surface area contributed by atoms with Gasteiger partial charge in [0, 0.05) is 13.8 Å². The normalized spacial score (nSPS) is 9.67. The van der Waals surface area contributed by atoms with Gasteiger partial charge in [-0.25, -0.2) is 0 Å². The number of benzene rings is 1. The summed E-state index contributed by atoms with van der Waals surface area (Å²) < 4.78 is 9.64. The molecule has 0 fully saturated rings. The number of carbonyl (C=O) groups is 3. The maximum atomic E-state index is 11.2. The maximum absolute atomic E-state index is 11.2. The maximum Gasteiger partial charge on any atom is 0.308 e. The van der Waals surface area contributed by atoms with E-state index >= 15 is 0 Å². The van der Waals surface area contributed by atoms with Gasteiger partial charge in [-0.05, 0) is 6.07 Å². The largest absolute Gasteiger partial charge is 0.423 e. The molecule has 0 saturated heterocycles. The molecule has 0 heterocycles. The van der Waals surface area contributed by atoms with Crippen LogP contribution in [0.2, 0.25) is 0 Å². The van der Waals surface area contributed by atoms with Gasteiger partial charge in [-0.1, -0.05) is 11.5 Å². The third-order valence-corrected chi connectivity index (χ3v) is 1.84. The number of primary amides is 1. The molecule has 1 rings (SSSR count). The molecule has 2 N–H and O–H groups in total. The van der Waals surface area contributed by atoms with Gasteiger partial charge in [0.25, 0.3) is 5.91 Å². The molecule has 0 atom stereocenters. The molecular weight excluding hydrogens is 237 g/mol. The molecule has 0 spiro atoms. The van der Waals surface area contributed by atoms with Gasteiger partial charge in [0.05, 0.1) is 5.56 Å². The van der Waals surface area contributed by atoms with E-state index in [1.165, 1.54) is 12.1 Å². The predicted molar refractivity (Wildman–Crippen MR) is 63.0 cm³/mol. The number of amides is 1. The lowest BCUT2D eigenvalue weighted by Crippen LogP contribution is -2.19. The van der Waals surface area contributed by atoms with Crippen LogP contribution < -0.4 is 20.7 Å². The van der Waals surface area contributed by atoms with Crippen molar-refractivity contribution in [1.29, 1.82) is 0 Å². The Bertz CT molecular complexity index is 526. The van der Waals surface area contributed by atoms with Crippen LogP contribution in [0.1, 0.15) is 24.2 Å². The van der Waals surface area contributed by atoms with Crippen molar-refractivity contribution in [2.75, 3.05) is 0 Å². The second-order valence-electron chi connectivity index (χ2n) is 3.45. The van der Waals surface area contributed by atoms with Crippen LogP contribution in [0.4, 0.5) is 0 Å². The van der Waals surface area contributed by atoms with Crippen molar-refractivity contribution in [3.63, 3.8) is 0 Å². The molecular formula is C11H10BNO5. The van der Waals surface area contributed by atoms with Crippen molar-refractivity contribution in [3.05, 3.63) is 17.7 Å². The molecule has 1 aromatic carbocycles. The fraction of sp³-hybridized carbons (Fsp3) is 0.182. The molecule has 0 unspecified atom stereocenters. The Morgan fingerprint density at radius 2 is 1.67 bits per heavy atom. The second kappa shape index (κ2) is 5.35. The van der Waals surface area contributed by atoms with Gasteiger partial charge in [-0.2, -0.15) is 0 Å². The van der Waals surface area contributed by atoms with Crippen LogP contribution in [0.25, 0.3) is 0 Å². The van der Waals surface area contributed by atoms with Crippen LogP contribution >= 0.6 is 0 Å². The molecule has 0 aliphatic carbocycles. The van der Waals surface area contributed by atoms with E-state index in [-0.39, 0.29) is 22.5 Å². The lowest BCUT2D eigenvalue weighted by Gasteiger charge is -2.12. The highest BCUT2D eigenvalue weighted by molar-refractivity contribution is 6.33. The molecule has 18 heavy (non-hydrogen) atoms. The van der Waals surface area contributed by atoms with Gasteiger partial charge in [-0.15, -0.1) is 0 Å². The van der Waals surface area contributed by atoms with Crippen LogP contribution in [-0.2, 0) is 9.59 Å². The highest BCUT2D eigenvalue weighted by Crippen LogP contribution is 2.30. The Labute approximate surface area is 104 Å². The number of hydrogen-bond acceptors (Lipinski definition) is 5. The van der Waals surface area contributed by atoms with Gasteiger partial charge in [0.1, 0.15) is 7.85 Å². The zero-order valence-electron chi connectivity index (χ0n) is 9.85. The Hall–Kier alpha value is -2.31. The summed E-state index contributed by atoms with van der Waals surface area (Å²) in [4.78, 5) is 33.1. The van der Waals surface area contributed by atoms with Gasteiger partial charge in [-0.3, -0.25) is 14.4 Å². The van der Waals surface area contributed by atoms with Gasteiger partial charge < -0.3 is 15.2 Å². The highest BCUT2D eigenvalue weighted by atomic mass is 16.6. The van der Waals surface area contributed by atoms with Crippen molar-refractivity contribution < 1.29 is 23.9 Å². The number of ether oxygens (including phenoxy) is 2. The molecule has 2 radical (unpaired) electrons. The minimum atomic E-state index is -0.855. The summed E-state index contributed by atoms with van der Waals surface area (Å²) in [6, 6.07) is 2.49. The van der Waals surface area contributed by atoms with E-state index in [1.54, 1.807) is 0 Å². The monoisotopic (exact) mass is 247 g/mol.